The summed E-state index contributed by atoms with van der Waals surface area (Å²) in [6.07, 6.45) is 0. The van der Waals surface area contributed by atoms with Crippen molar-refractivity contribution in [2.75, 3.05) is 13.3 Å². The quantitative estimate of drug-likeness (QED) is 0.498. The summed E-state index contributed by atoms with van der Waals surface area (Å²) >= 11 is 0. The van der Waals surface area contributed by atoms with Crippen LogP contribution >= 0.6 is 8.03 Å². The first kappa shape index (κ1) is 6.06. The zero-order chi connectivity index (χ0) is 4.99. The van der Waals surface area contributed by atoms with Crippen LogP contribution in [0.15, 0.2) is 0 Å². The fraction of sp³-hybridized carbons (Fsp3) is 1.00. The molecule has 0 fully saturated rings. The van der Waals surface area contributed by atoms with Crippen LogP contribution in [0.3, 0.4) is 0 Å². The molecule has 3 heteroatoms. The summed E-state index contributed by atoms with van der Waals surface area (Å²) in [5.74, 6) is 0. The van der Waals surface area contributed by atoms with Crippen LogP contribution in [-0.4, -0.2) is 13.3 Å². The SMILES string of the molecule is CCO[P](C)=O. The highest BCUT2D eigenvalue weighted by Crippen LogP contribution is 2.12. The van der Waals surface area contributed by atoms with E-state index in [2.05, 4.69) is 4.52 Å². The van der Waals surface area contributed by atoms with Gasteiger partial charge in [-0.2, -0.15) is 0 Å². The predicted molar refractivity (Wildman–Crippen MR) is 25.2 cm³/mol. The van der Waals surface area contributed by atoms with Crippen molar-refractivity contribution >= 4 is 8.03 Å². The third-order valence-electron chi connectivity index (χ3n) is 0.311. The van der Waals surface area contributed by atoms with Gasteiger partial charge in [-0.25, -0.2) is 0 Å². The third-order valence-corrected chi connectivity index (χ3v) is 0.933. The highest BCUT2D eigenvalue weighted by Gasteiger charge is 1.80. The Morgan fingerprint density at radius 1 is 1.83 bits per heavy atom. The number of hydrogen-bond acceptors (Lipinski definition) is 2. The second-order valence-corrected chi connectivity index (χ2v) is 2.00. The van der Waals surface area contributed by atoms with Crippen molar-refractivity contribution in [1.82, 2.24) is 0 Å². The molecule has 0 rings (SSSR count). The molecular weight excluding hydrogens is 99.0 g/mol. The molecule has 2 nitrogen and oxygen atoms in total. The maximum atomic E-state index is 9.97. The van der Waals surface area contributed by atoms with Gasteiger partial charge in [-0.15, -0.1) is 0 Å². The smallest absolute Gasteiger partial charge is 0.209 e. The molecule has 37 valence electrons. The summed E-state index contributed by atoms with van der Waals surface area (Å²) in [5.41, 5.74) is 0. The fourth-order valence-corrected chi connectivity index (χ4v) is 0.545. The number of rotatable bonds is 2. The maximum Gasteiger partial charge on any atom is 0.209 e. The first-order valence-corrected chi connectivity index (χ1v) is 3.43. The highest BCUT2D eigenvalue weighted by molar-refractivity contribution is 7.38. The second-order valence-electron chi connectivity index (χ2n) is 0.857. The van der Waals surface area contributed by atoms with E-state index in [-0.39, 0.29) is 0 Å². The Balaban J connectivity index is 2.83. The van der Waals surface area contributed by atoms with Crippen molar-refractivity contribution in [3.05, 3.63) is 0 Å². The standard InChI is InChI=1S/C3H8O2P/c1-3-5-6(2)4/h3H2,1-2H3. The van der Waals surface area contributed by atoms with Gasteiger partial charge in [0.1, 0.15) is 0 Å². The summed E-state index contributed by atoms with van der Waals surface area (Å²) in [7, 11) is -1.35. The Labute approximate surface area is 38.4 Å². The van der Waals surface area contributed by atoms with E-state index < -0.39 is 8.03 Å². The van der Waals surface area contributed by atoms with Crippen LogP contribution in [0.4, 0.5) is 0 Å². The highest BCUT2D eigenvalue weighted by atomic mass is 31.1. The molecule has 0 aliphatic rings. The van der Waals surface area contributed by atoms with E-state index in [0.717, 1.165) is 0 Å². The van der Waals surface area contributed by atoms with E-state index >= 15 is 0 Å². The van der Waals surface area contributed by atoms with Crippen LogP contribution in [0, 0.1) is 0 Å². The van der Waals surface area contributed by atoms with E-state index in [1.807, 2.05) is 6.92 Å². The van der Waals surface area contributed by atoms with Gasteiger partial charge in [0.05, 0.1) is 6.61 Å². The van der Waals surface area contributed by atoms with Crippen molar-refractivity contribution in [3.8, 4) is 0 Å². The van der Waals surface area contributed by atoms with Gasteiger partial charge < -0.3 is 4.52 Å². The molecule has 6 heavy (non-hydrogen) atoms. The molecule has 0 bridgehead atoms. The van der Waals surface area contributed by atoms with Crippen LogP contribution < -0.4 is 0 Å². The average molecular weight is 107 g/mol. The van der Waals surface area contributed by atoms with Crippen LogP contribution in [0.25, 0.3) is 0 Å². The fourth-order valence-electron chi connectivity index (χ4n) is 0.182. The largest absolute Gasteiger partial charge is 0.305 e. The van der Waals surface area contributed by atoms with E-state index in [1.54, 1.807) is 6.66 Å². The molecule has 0 aliphatic carbocycles. The summed E-state index contributed by atoms with van der Waals surface area (Å²) < 4.78 is 14.5. The molecule has 0 spiro atoms. The zero-order valence-electron chi connectivity index (χ0n) is 3.97. The van der Waals surface area contributed by atoms with Gasteiger partial charge >= 0.3 is 0 Å². The molecule has 0 N–H and O–H groups in total. The molecule has 0 aromatic heterocycles. The Kier molecular flexibility index (Phi) is 3.29. The van der Waals surface area contributed by atoms with Crippen molar-refractivity contribution in [3.63, 3.8) is 0 Å². The summed E-state index contributed by atoms with van der Waals surface area (Å²) in [4.78, 5) is 0. The van der Waals surface area contributed by atoms with E-state index in [0.29, 0.717) is 6.61 Å². The molecule has 1 radical (unpaired) electrons. The zero-order valence-corrected chi connectivity index (χ0v) is 4.87. The summed E-state index contributed by atoms with van der Waals surface area (Å²) in [6, 6.07) is 0. The lowest BCUT2D eigenvalue weighted by Gasteiger charge is -1.86. The van der Waals surface area contributed by atoms with Gasteiger partial charge in [0.25, 0.3) is 0 Å². The van der Waals surface area contributed by atoms with E-state index in [1.165, 1.54) is 0 Å². The normalized spacial score (nSPS) is 11.3. The van der Waals surface area contributed by atoms with Gasteiger partial charge in [-0.05, 0) is 6.92 Å². The van der Waals surface area contributed by atoms with Crippen molar-refractivity contribution < 1.29 is 9.09 Å². The van der Waals surface area contributed by atoms with Crippen LogP contribution in [0.2, 0.25) is 0 Å². The van der Waals surface area contributed by atoms with Gasteiger partial charge in [0.15, 0.2) is 0 Å². The Bertz CT molecular complexity index is 52.8. The molecule has 0 saturated heterocycles. The van der Waals surface area contributed by atoms with Gasteiger partial charge in [0.2, 0.25) is 8.03 Å². The molecule has 0 aliphatic heterocycles. The Morgan fingerprint density at radius 3 is 2.33 bits per heavy atom. The van der Waals surface area contributed by atoms with E-state index in [4.69, 9.17) is 0 Å². The lowest BCUT2D eigenvalue weighted by Crippen LogP contribution is -1.72. The van der Waals surface area contributed by atoms with Crippen LogP contribution in [-0.2, 0) is 9.09 Å². The third kappa shape index (κ3) is 4.06. The minimum atomic E-state index is -1.35. The van der Waals surface area contributed by atoms with Crippen LogP contribution in [0.1, 0.15) is 6.92 Å². The molecular formula is C3H8O2P. The van der Waals surface area contributed by atoms with Crippen molar-refractivity contribution in [2.45, 2.75) is 6.92 Å². The van der Waals surface area contributed by atoms with Crippen LogP contribution in [0.5, 0.6) is 0 Å². The first-order valence-electron chi connectivity index (χ1n) is 1.81. The molecule has 0 aromatic carbocycles. The number of hydrogen-bond donors (Lipinski definition) is 0. The second kappa shape index (κ2) is 3.26. The van der Waals surface area contributed by atoms with Gasteiger partial charge in [-0.3, -0.25) is 4.57 Å². The summed E-state index contributed by atoms with van der Waals surface area (Å²) in [6.45, 7) is 3.90. The Morgan fingerprint density at radius 2 is 2.33 bits per heavy atom. The average Bonchev–Trinajstić information content (AvgIpc) is 1.35. The molecule has 0 heterocycles. The molecule has 1 atom stereocenters. The topological polar surface area (TPSA) is 26.3 Å². The van der Waals surface area contributed by atoms with Gasteiger partial charge in [0, 0.05) is 6.66 Å². The predicted octanol–water partition coefficient (Wildman–Crippen LogP) is 1.40. The lowest BCUT2D eigenvalue weighted by molar-refractivity contribution is 0.354. The molecule has 0 amide bonds. The first-order chi connectivity index (χ1) is 2.77. The molecule has 1 unspecified atom stereocenters. The minimum Gasteiger partial charge on any atom is -0.305 e. The van der Waals surface area contributed by atoms with Crippen molar-refractivity contribution in [1.29, 1.82) is 0 Å². The molecule has 0 aromatic rings. The summed E-state index contributed by atoms with van der Waals surface area (Å²) in [5, 5.41) is 0. The maximum absolute atomic E-state index is 9.97. The monoisotopic (exact) mass is 107 g/mol. The molecule has 0 saturated carbocycles. The minimum absolute atomic E-state index is 0.547. The van der Waals surface area contributed by atoms with Crippen molar-refractivity contribution in [2.24, 2.45) is 0 Å². The van der Waals surface area contributed by atoms with Gasteiger partial charge in [-0.1, -0.05) is 0 Å². The lowest BCUT2D eigenvalue weighted by atomic mass is 10.9. The van der Waals surface area contributed by atoms with E-state index in [9.17, 15) is 4.57 Å². The Hall–Kier alpha value is 0.0600.